The average molecular weight is 541 g/mol. The van der Waals surface area contributed by atoms with Gasteiger partial charge in [-0.3, -0.25) is 9.20 Å². The molecule has 1 aliphatic rings. The van der Waals surface area contributed by atoms with Gasteiger partial charge in [-0.05, 0) is 17.5 Å². The molecule has 2 aromatic rings. The third-order valence-electron chi connectivity index (χ3n) is 5.05. The smallest absolute Gasteiger partial charge is 0.193 e. The molecule has 1 N–H and O–H groups in total. The largest absolute Gasteiger partial charge is 0.376 e. The molecule has 0 spiro atoms. The first kappa shape index (κ1) is 24.8. The van der Waals surface area contributed by atoms with E-state index < -0.39 is 10.8 Å². The van der Waals surface area contributed by atoms with Crippen molar-refractivity contribution in [3.8, 4) is 0 Å². The van der Waals surface area contributed by atoms with Crippen molar-refractivity contribution in [1.29, 1.82) is 0 Å². The maximum atomic E-state index is 12.3. The van der Waals surface area contributed by atoms with E-state index in [1.165, 1.54) is 5.56 Å². The topological polar surface area (TPSA) is 53.9 Å². The highest BCUT2D eigenvalue weighted by Gasteiger charge is 2.24. The first-order chi connectivity index (χ1) is 14.2. The van der Waals surface area contributed by atoms with Crippen LogP contribution in [-0.4, -0.2) is 54.1 Å². The summed E-state index contributed by atoms with van der Waals surface area (Å²) in [5, 5.41) is 3.37. The third kappa shape index (κ3) is 8.35. The molecule has 0 radical (unpaired) electrons. The molecule has 0 saturated carbocycles. The lowest BCUT2D eigenvalue weighted by molar-refractivity contribution is 0.0907. The predicted octanol–water partition coefficient (Wildman–Crippen LogP) is 3.67. The minimum Gasteiger partial charge on any atom is -0.376 e. The summed E-state index contributed by atoms with van der Waals surface area (Å²) in [6.07, 6.45) is 1.11. The Labute approximate surface area is 199 Å². The molecule has 0 aliphatic carbocycles. The van der Waals surface area contributed by atoms with Crippen LogP contribution in [0.3, 0.4) is 0 Å². The molecule has 0 bridgehead atoms. The van der Waals surface area contributed by atoms with E-state index in [-0.39, 0.29) is 24.0 Å². The molecule has 30 heavy (non-hydrogen) atoms. The van der Waals surface area contributed by atoms with Gasteiger partial charge in [0.2, 0.25) is 0 Å². The zero-order chi connectivity index (χ0) is 20.3. The zero-order valence-corrected chi connectivity index (χ0v) is 20.7. The Bertz CT molecular complexity index is 790. The highest BCUT2D eigenvalue weighted by atomic mass is 127. The van der Waals surface area contributed by atoms with Gasteiger partial charge in [0.15, 0.2) is 5.96 Å². The average Bonchev–Trinajstić information content (AvgIpc) is 3.21. The highest BCUT2D eigenvalue weighted by Crippen LogP contribution is 2.17. The molecule has 2 aromatic carbocycles. The molecule has 5 nitrogen and oxygen atoms in total. The van der Waals surface area contributed by atoms with E-state index >= 15 is 0 Å². The van der Waals surface area contributed by atoms with Crippen LogP contribution < -0.4 is 5.32 Å². The quantitative estimate of drug-likeness (QED) is 0.299. The SMILES string of the molecule is CN=C(NCCS(=O)Cc1ccccc1)N1CCC(COCc2ccccc2)C1.I. The molecule has 7 heteroatoms. The number of nitrogens with one attached hydrogen (secondary N) is 1. The van der Waals surface area contributed by atoms with E-state index in [9.17, 15) is 4.21 Å². The third-order valence-corrected chi connectivity index (χ3v) is 6.36. The lowest BCUT2D eigenvalue weighted by Gasteiger charge is -2.21. The molecular weight excluding hydrogens is 509 g/mol. The molecule has 1 saturated heterocycles. The maximum absolute atomic E-state index is 12.3. The van der Waals surface area contributed by atoms with Crippen LogP contribution >= 0.6 is 24.0 Å². The van der Waals surface area contributed by atoms with E-state index in [2.05, 4.69) is 27.3 Å². The van der Waals surface area contributed by atoms with Gasteiger partial charge >= 0.3 is 0 Å². The summed E-state index contributed by atoms with van der Waals surface area (Å²) in [5.41, 5.74) is 2.33. The van der Waals surface area contributed by atoms with Crippen LogP contribution in [0.5, 0.6) is 0 Å². The summed E-state index contributed by atoms with van der Waals surface area (Å²) < 4.78 is 18.2. The number of guanidine groups is 1. The fourth-order valence-electron chi connectivity index (χ4n) is 3.52. The molecule has 2 atom stereocenters. The summed E-state index contributed by atoms with van der Waals surface area (Å²) in [7, 11) is 0.932. The van der Waals surface area contributed by atoms with Crippen LogP contribution in [-0.2, 0) is 27.9 Å². The summed E-state index contributed by atoms with van der Waals surface area (Å²) in [5.74, 6) is 2.63. The van der Waals surface area contributed by atoms with Crippen molar-refractivity contribution in [1.82, 2.24) is 10.2 Å². The number of benzene rings is 2. The van der Waals surface area contributed by atoms with Crippen LogP contribution in [0.4, 0.5) is 0 Å². The summed E-state index contributed by atoms with van der Waals surface area (Å²) in [6, 6.07) is 20.3. The fourth-order valence-corrected chi connectivity index (χ4v) is 4.56. The summed E-state index contributed by atoms with van der Waals surface area (Å²) in [4.78, 5) is 6.68. The van der Waals surface area contributed by atoms with Gasteiger partial charge in [-0.15, -0.1) is 24.0 Å². The van der Waals surface area contributed by atoms with Crippen LogP contribution in [0.25, 0.3) is 0 Å². The minimum absolute atomic E-state index is 0. The summed E-state index contributed by atoms with van der Waals surface area (Å²) >= 11 is 0. The van der Waals surface area contributed by atoms with E-state index in [4.69, 9.17) is 4.74 Å². The number of aliphatic imine (C=N–C) groups is 1. The van der Waals surface area contributed by atoms with Crippen LogP contribution in [0, 0.1) is 5.92 Å². The van der Waals surface area contributed by atoms with Gasteiger partial charge in [-0.25, -0.2) is 0 Å². The Morgan fingerprint density at radius 3 is 2.47 bits per heavy atom. The van der Waals surface area contributed by atoms with E-state index in [0.29, 0.717) is 30.6 Å². The maximum Gasteiger partial charge on any atom is 0.193 e. The van der Waals surface area contributed by atoms with Crippen LogP contribution in [0.2, 0.25) is 0 Å². The molecule has 164 valence electrons. The number of halogens is 1. The van der Waals surface area contributed by atoms with E-state index in [0.717, 1.165) is 37.6 Å². The lowest BCUT2D eigenvalue weighted by Crippen LogP contribution is -2.41. The molecule has 3 rings (SSSR count). The van der Waals surface area contributed by atoms with Gasteiger partial charge in [0, 0.05) is 54.9 Å². The number of hydrogen-bond acceptors (Lipinski definition) is 3. The van der Waals surface area contributed by atoms with Gasteiger partial charge < -0.3 is 15.0 Å². The van der Waals surface area contributed by atoms with Crippen molar-refractivity contribution in [2.24, 2.45) is 10.9 Å². The highest BCUT2D eigenvalue weighted by molar-refractivity contribution is 14.0. The van der Waals surface area contributed by atoms with Crippen LogP contribution in [0.15, 0.2) is 65.7 Å². The number of hydrogen-bond donors (Lipinski definition) is 1. The monoisotopic (exact) mass is 541 g/mol. The van der Waals surface area contributed by atoms with E-state index in [1.54, 1.807) is 0 Å². The van der Waals surface area contributed by atoms with Crippen molar-refractivity contribution in [2.75, 3.05) is 39.0 Å². The van der Waals surface area contributed by atoms with Crippen molar-refractivity contribution in [3.05, 3.63) is 71.8 Å². The normalized spacial score (nSPS) is 17.4. The van der Waals surface area contributed by atoms with Gasteiger partial charge in [0.1, 0.15) is 0 Å². The number of nitrogens with zero attached hydrogens (tertiary/aromatic N) is 2. The molecule has 2 unspecified atom stereocenters. The Kier molecular flexibility index (Phi) is 11.4. The second-order valence-electron chi connectivity index (χ2n) is 7.35. The summed E-state index contributed by atoms with van der Waals surface area (Å²) in [6.45, 7) is 4.02. The molecular formula is C23H32IN3O2S. The Hall–Kier alpha value is -1.45. The van der Waals surface area contributed by atoms with Gasteiger partial charge in [-0.2, -0.15) is 0 Å². The number of ether oxygens (including phenoxy) is 1. The molecule has 1 aliphatic heterocycles. The second-order valence-corrected chi connectivity index (χ2v) is 8.93. The Morgan fingerprint density at radius 1 is 1.13 bits per heavy atom. The van der Waals surface area contributed by atoms with Crippen LogP contribution in [0.1, 0.15) is 17.5 Å². The Balaban J connectivity index is 0.00000320. The first-order valence-electron chi connectivity index (χ1n) is 10.2. The van der Waals surface area contributed by atoms with Crippen molar-refractivity contribution < 1.29 is 8.95 Å². The second kappa shape index (κ2) is 13.8. The molecule has 0 aromatic heterocycles. The van der Waals surface area contributed by atoms with Crippen molar-refractivity contribution in [3.63, 3.8) is 0 Å². The number of likely N-dealkylation sites (tertiary alicyclic amines) is 1. The van der Waals surface area contributed by atoms with Crippen molar-refractivity contribution in [2.45, 2.75) is 18.8 Å². The van der Waals surface area contributed by atoms with Gasteiger partial charge in [0.25, 0.3) is 0 Å². The molecule has 1 heterocycles. The van der Waals surface area contributed by atoms with Crippen molar-refractivity contribution >= 4 is 40.7 Å². The zero-order valence-electron chi connectivity index (χ0n) is 17.5. The van der Waals surface area contributed by atoms with Gasteiger partial charge in [0.05, 0.1) is 13.2 Å². The molecule has 1 fully saturated rings. The van der Waals surface area contributed by atoms with E-state index in [1.807, 2.05) is 55.6 Å². The minimum atomic E-state index is -0.877. The number of rotatable bonds is 9. The first-order valence-corrected chi connectivity index (χ1v) is 11.7. The molecule has 0 amide bonds. The van der Waals surface area contributed by atoms with Gasteiger partial charge in [-0.1, -0.05) is 60.7 Å². The lowest BCUT2D eigenvalue weighted by atomic mass is 10.1. The fraction of sp³-hybridized carbons (Fsp3) is 0.435. The Morgan fingerprint density at radius 2 is 1.80 bits per heavy atom. The standard InChI is InChI=1S/C23H31N3O2S.HI/c1-24-23(25-13-15-29(27)19-21-10-6-3-7-11-21)26-14-12-22(16-26)18-28-17-20-8-4-2-5-9-20;/h2-11,22H,12-19H2,1H3,(H,24,25);1H. The predicted molar refractivity (Wildman–Crippen MR) is 136 cm³/mol.